The molecule has 11 nitrogen and oxygen atoms in total. The molecule has 182 valence electrons. The summed E-state index contributed by atoms with van der Waals surface area (Å²) in [5, 5.41) is 6.69. The van der Waals surface area contributed by atoms with Gasteiger partial charge in [-0.15, -0.1) is 0 Å². The van der Waals surface area contributed by atoms with Crippen LogP contribution in [0.1, 0.15) is 44.9 Å². The lowest BCUT2D eigenvalue weighted by Gasteiger charge is -2.34. The van der Waals surface area contributed by atoms with E-state index in [1.165, 1.54) is 14.2 Å². The van der Waals surface area contributed by atoms with Crippen LogP contribution in [0.2, 0.25) is 0 Å². The highest BCUT2D eigenvalue weighted by Gasteiger charge is 2.52. The number of ether oxygens (including phenoxy) is 3. The number of carbonyl (C=O) groups is 3. The summed E-state index contributed by atoms with van der Waals surface area (Å²) in [6.07, 6.45) is 3.98. The fraction of sp³-hybridized carbons (Fsp3) is 0.522. The van der Waals surface area contributed by atoms with Crippen molar-refractivity contribution in [3.8, 4) is 22.9 Å². The average Bonchev–Trinajstić information content (AvgIpc) is 3.42. The molecule has 11 heteroatoms. The van der Waals surface area contributed by atoms with E-state index in [4.69, 9.17) is 18.7 Å². The Morgan fingerprint density at radius 1 is 1.21 bits per heavy atom. The summed E-state index contributed by atoms with van der Waals surface area (Å²) < 4.78 is 20.8. The number of benzene rings is 1. The Morgan fingerprint density at radius 2 is 1.94 bits per heavy atom. The molecule has 2 fully saturated rings. The number of hydrogen-bond donors (Lipinski definition) is 1. The van der Waals surface area contributed by atoms with Crippen molar-refractivity contribution in [1.29, 1.82) is 0 Å². The van der Waals surface area contributed by atoms with Gasteiger partial charge in [-0.1, -0.05) is 18.5 Å². The lowest BCUT2D eigenvalue weighted by atomic mass is 9.75. The smallest absolute Gasteiger partial charge is 0.326 e. The van der Waals surface area contributed by atoms with Gasteiger partial charge in [-0.3, -0.25) is 14.5 Å². The van der Waals surface area contributed by atoms with Gasteiger partial charge in [-0.2, -0.15) is 4.98 Å². The fourth-order valence-corrected chi connectivity index (χ4v) is 4.46. The SMILES string of the molecule is CCC1CCC2(CC1)NC(=O)N(CC(=O)OCc1nc(-c3ccc(OC)c(OC)c3)no1)C2=O. The third kappa shape index (κ3) is 4.55. The maximum Gasteiger partial charge on any atom is 0.326 e. The molecule has 1 aromatic heterocycles. The van der Waals surface area contributed by atoms with Gasteiger partial charge >= 0.3 is 12.0 Å². The molecule has 34 heavy (non-hydrogen) atoms. The summed E-state index contributed by atoms with van der Waals surface area (Å²) in [7, 11) is 3.06. The minimum Gasteiger partial charge on any atom is -0.493 e. The quantitative estimate of drug-likeness (QED) is 0.455. The number of aromatic nitrogens is 2. The lowest BCUT2D eigenvalue weighted by molar-refractivity contribution is -0.149. The predicted molar refractivity (Wildman–Crippen MR) is 118 cm³/mol. The van der Waals surface area contributed by atoms with Crippen molar-refractivity contribution in [3.63, 3.8) is 0 Å². The molecule has 1 aliphatic heterocycles. The number of nitrogens with zero attached hydrogens (tertiary/aromatic N) is 3. The normalized spacial score (nSPS) is 22.1. The Labute approximate surface area is 196 Å². The van der Waals surface area contributed by atoms with Crippen molar-refractivity contribution in [3.05, 3.63) is 24.1 Å². The van der Waals surface area contributed by atoms with E-state index in [0.29, 0.717) is 35.8 Å². The zero-order chi connectivity index (χ0) is 24.3. The van der Waals surface area contributed by atoms with E-state index in [1.807, 2.05) is 0 Å². The number of imide groups is 1. The van der Waals surface area contributed by atoms with E-state index in [-0.39, 0.29) is 24.2 Å². The Kier molecular flexibility index (Phi) is 6.71. The van der Waals surface area contributed by atoms with Crippen molar-refractivity contribution in [2.24, 2.45) is 5.92 Å². The third-order valence-corrected chi connectivity index (χ3v) is 6.54. The highest BCUT2D eigenvalue weighted by Crippen LogP contribution is 2.37. The van der Waals surface area contributed by atoms with E-state index in [2.05, 4.69) is 22.4 Å². The first-order valence-electron chi connectivity index (χ1n) is 11.2. The second-order valence-electron chi connectivity index (χ2n) is 8.50. The van der Waals surface area contributed by atoms with Gasteiger partial charge in [0.15, 0.2) is 18.1 Å². The number of nitrogens with one attached hydrogen (secondary N) is 1. The molecule has 1 saturated carbocycles. The van der Waals surface area contributed by atoms with Crippen LogP contribution >= 0.6 is 0 Å². The number of hydrogen-bond acceptors (Lipinski definition) is 9. The van der Waals surface area contributed by atoms with E-state index < -0.39 is 24.1 Å². The second kappa shape index (κ2) is 9.70. The van der Waals surface area contributed by atoms with Gasteiger partial charge in [0.1, 0.15) is 12.1 Å². The zero-order valence-electron chi connectivity index (χ0n) is 19.5. The molecule has 0 bridgehead atoms. The molecule has 3 amide bonds. The molecule has 0 atom stereocenters. The zero-order valence-corrected chi connectivity index (χ0v) is 19.5. The molecule has 2 aliphatic rings. The van der Waals surface area contributed by atoms with Crippen molar-refractivity contribution in [2.75, 3.05) is 20.8 Å². The van der Waals surface area contributed by atoms with Crippen LogP contribution < -0.4 is 14.8 Å². The maximum atomic E-state index is 12.9. The Bertz CT molecular complexity index is 1080. The van der Waals surface area contributed by atoms with Crippen LogP contribution in [0.15, 0.2) is 22.7 Å². The molecule has 1 aliphatic carbocycles. The maximum absolute atomic E-state index is 12.9. The minimum atomic E-state index is -0.899. The van der Waals surface area contributed by atoms with Crippen LogP contribution in [0.4, 0.5) is 4.79 Å². The monoisotopic (exact) mass is 472 g/mol. The van der Waals surface area contributed by atoms with Gasteiger partial charge in [0.2, 0.25) is 5.82 Å². The molecule has 1 N–H and O–H groups in total. The topological polar surface area (TPSA) is 133 Å². The van der Waals surface area contributed by atoms with E-state index >= 15 is 0 Å². The highest BCUT2D eigenvalue weighted by atomic mass is 16.6. The largest absolute Gasteiger partial charge is 0.493 e. The molecular formula is C23H28N4O7. The Morgan fingerprint density at radius 3 is 2.62 bits per heavy atom. The summed E-state index contributed by atoms with van der Waals surface area (Å²) in [6.45, 7) is 1.37. The van der Waals surface area contributed by atoms with Crippen LogP contribution in [-0.4, -0.2) is 59.3 Å². The lowest BCUT2D eigenvalue weighted by Crippen LogP contribution is -2.49. The number of methoxy groups -OCH3 is 2. The van der Waals surface area contributed by atoms with Crippen molar-refractivity contribution in [2.45, 2.75) is 51.2 Å². The predicted octanol–water partition coefficient (Wildman–Crippen LogP) is 2.69. The first kappa shape index (κ1) is 23.5. The average molecular weight is 472 g/mol. The Balaban J connectivity index is 1.33. The van der Waals surface area contributed by atoms with Crippen molar-refractivity contribution in [1.82, 2.24) is 20.4 Å². The first-order valence-corrected chi connectivity index (χ1v) is 11.2. The van der Waals surface area contributed by atoms with Gasteiger partial charge in [-0.25, -0.2) is 4.79 Å². The van der Waals surface area contributed by atoms with Crippen molar-refractivity contribution < 1.29 is 33.1 Å². The first-order chi connectivity index (χ1) is 16.4. The van der Waals surface area contributed by atoms with Gasteiger partial charge in [-0.05, 0) is 49.8 Å². The molecule has 1 saturated heterocycles. The second-order valence-corrected chi connectivity index (χ2v) is 8.50. The number of urea groups is 1. The Hall–Kier alpha value is -3.63. The minimum absolute atomic E-state index is 0.0738. The van der Waals surface area contributed by atoms with Crippen LogP contribution in [-0.2, 0) is 20.9 Å². The van der Waals surface area contributed by atoms with E-state index in [1.54, 1.807) is 18.2 Å². The standard InChI is InChI=1S/C23H28N4O7/c1-4-14-7-9-23(10-8-14)21(29)27(22(30)25-23)12-19(28)33-13-18-24-20(26-34-18)15-5-6-16(31-2)17(11-15)32-3/h5-6,11,14H,4,7-10,12-13H2,1-3H3,(H,25,30). The molecule has 1 spiro atoms. The van der Waals surface area contributed by atoms with Gasteiger partial charge < -0.3 is 24.1 Å². The van der Waals surface area contributed by atoms with E-state index in [9.17, 15) is 14.4 Å². The highest BCUT2D eigenvalue weighted by molar-refractivity contribution is 6.08. The molecule has 1 aromatic carbocycles. The molecule has 2 heterocycles. The van der Waals surface area contributed by atoms with Crippen LogP contribution in [0.25, 0.3) is 11.4 Å². The van der Waals surface area contributed by atoms with Gasteiger partial charge in [0.25, 0.3) is 11.8 Å². The fourth-order valence-electron chi connectivity index (χ4n) is 4.46. The van der Waals surface area contributed by atoms with Gasteiger partial charge in [0.05, 0.1) is 14.2 Å². The third-order valence-electron chi connectivity index (χ3n) is 6.54. The number of rotatable bonds is 8. The number of amides is 3. The number of esters is 1. The van der Waals surface area contributed by atoms with Crippen LogP contribution in [0.5, 0.6) is 11.5 Å². The summed E-state index contributed by atoms with van der Waals surface area (Å²) in [4.78, 5) is 42.8. The molecule has 0 unspecified atom stereocenters. The number of carbonyl (C=O) groups excluding carboxylic acids is 3. The van der Waals surface area contributed by atoms with Crippen LogP contribution in [0, 0.1) is 5.92 Å². The van der Waals surface area contributed by atoms with Gasteiger partial charge in [0, 0.05) is 5.56 Å². The van der Waals surface area contributed by atoms with Crippen molar-refractivity contribution >= 4 is 17.9 Å². The van der Waals surface area contributed by atoms with Crippen LogP contribution in [0.3, 0.4) is 0 Å². The molecular weight excluding hydrogens is 444 g/mol. The summed E-state index contributed by atoms with van der Waals surface area (Å²) in [5.74, 6) is 0.881. The summed E-state index contributed by atoms with van der Waals surface area (Å²) in [5.41, 5.74) is -0.273. The molecule has 0 radical (unpaired) electrons. The van der Waals surface area contributed by atoms with E-state index in [0.717, 1.165) is 24.2 Å². The molecule has 4 rings (SSSR count). The molecule has 2 aromatic rings. The summed E-state index contributed by atoms with van der Waals surface area (Å²) in [6, 6.07) is 4.58. The summed E-state index contributed by atoms with van der Waals surface area (Å²) >= 11 is 0.